The van der Waals surface area contributed by atoms with Gasteiger partial charge in [-0.15, -0.1) is 0 Å². The van der Waals surface area contributed by atoms with E-state index in [2.05, 4.69) is 15.6 Å². The van der Waals surface area contributed by atoms with Crippen LogP contribution in [-0.4, -0.2) is 11.5 Å². The normalized spacial score (nSPS) is 10.4. The Morgan fingerprint density at radius 1 is 1.00 bits per heavy atom. The summed E-state index contributed by atoms with van der Waals surface area (Å²) in [5.74, 6) is -1.69. The molecule has 0 amide bonds. The minimum atomic E-state index is -0.805. The van der Waals surface area contributed by atoms with E-state index in [0.717, 1.165) is 6.07 Å². The molecule has 3 nitrogen and oxygen atoms in total. The van der Waals surface area contributed by atoms with Gasteiger partial charge < -0.3 is 10.6 Å². The third-order valence-corrected chi connectivity index (χ3v) is 2.84. The van der Waals surface area contributed by atoms with Crippen LogP contribution in [0, 0.1) is 11.6 Å². The SMILES string of the molecule is CCNc1nc(Nc2cc(Cl)cc(Cl)c2)c(F)cc1F. The zero-order chi connectivity index (χ0) is 14.7. The molecule has 7 heteroatoms. The Morgan fingerprint density at radius 3 is 2.20 bits per heavy atom. The minimum absolute atomic E-state index is 0.0236. The van der Waals surface area contributed by atoms with E-state index in [0.29, 0.717) is 22.3 Å². The van der Waals surface area contributed by atoms with Crippen molar-refractivity contribution in [2.45, 2.75) is 6.92 Å². The summed E-state index contributed by atoms with van der Waals surface area (Å²) >= 11 is 11.7. The lowest BCUT2D eigenvalue weighted by Gasteiger charge is -2.11. The van der Waals surface area contributed by atoms with E-state index in [1.54, 1.807) is 25.1 Å². The van der Waals surface area contributed by atoms with Crippen molar-refractivity contribution in [1.29, 1.82) is 0 Å². The van der Waals surface area contributed by atoms with E-state index in [9.17, 15) is 8.78 Å². The number of nitrogens with one attached hydrogen (secondary N) is 2. The van der Waals surface area contributed by atoms with Crippen molar-refractivity contribution in [3.05, 3.63) is 45.9 Å². The molecule has 0 radical (unpaired) electrons. The summed E-state index contributed by atoms with van der Waals surface area (Å²) in [4.78, 5) is 3.86. The molecule has 0 fully saturated rings. The molecule has 0 aliphatic rings. The van der Waals surface area contributed by atoms with Crippen LogP contribution in [0.3, 0.4) is 0 Å². The minimum Gasteiger partial charge on any atom is -0.368 e. The van der Waals surface area contributed by atoms with Gasteiger partial charge in [0.15, 0.2) is 23.3 Å². The lowest BCUT2D eigenvalue weighted by atomic mass is 10.3. The Bertz CT molecular complexity index is 615. The zero-order valence-corrected chi connectivity index (χ0v) is 12.0. The van der Waals surface area contributed by atoms with Crippen LogP contribution in [0.4, 0.5) is 26.1 Å². The van der Waals surface area contributed by atoms with Crippen molar-refractivity contribution in [3.8, 4) is 0 Å². The maximum absolute atomic E-state index is 13.7. The molecule has 20 heavy (non-hydrogen) atoms. The summed E-state index contributed by atoms with van der Waals surface area (Å²) in [5.41, 5.74) is 0.461. The molecule has 1 aromatic carbocycles. The molecule has 0 atom stereocenters. The van der Waals surface area contributed by atoms with E-state index in [1.165, 1.54) is 0 Å². The lowest BCUT2D eigenvalue weighted by Crippen LogP contribution is -2.06. The first-order chi connectivity index (χ1) is 9.49. The second-order valence-electron chi connectivity index (χ2n) is 3.96. The van der Waals surface area contributed by atoms with Gasteiger partial charge in [0.2, 0.25) is 0 Å². The number of hydrogen-bond donors (Lipinski definition) is 2. The van der Waals surface area contributed by atoms with Gasteiger partial charge in [-0.3, -0.25) is 0 Å². The van der Waals surface area contributed by atoms with Gasteiger partial charge in [0, 0.05) is 28.3 Å². The largest absolute Gasteiger partial charge is 0.368 e. The number of aromatic nitrogens is 1. The second-order valence-corrected chi connectivity index (χ2v) is 4.84. The van der Waals surface area contributed by atoms with Gasteiger partial charge in [-0.25, -0.2) is 13.8 Å². The van der Waals surface area contributed by atoms with Crippen LogP contribution in [0.1, 0.15) is 6.92 Å². The Morgan fingerprint density at radius 2 is 1.60 bits per heavy atom. The highest BCUT2D eigenvalue weighted by Crippen LogP contribution is 2.27. The second kappa shape index (κ2) is 6.24. The fraction of sp³-hybridized carbons (Fsp3) is 0.154. The molecule has 0 unspecified atom stereocenters. The molecule has 106 valence electrons. The quantitative estimate of drug-likeness (QED) is 0.847. The molecule has 0 spiro atoms. The van der Waals surface area contributed by atoms with Crippen molar-refractivity contribution in [3.63, 3.8) is 0 Å². The van der Waals surface area contributed by atoms with Gasteiger partial charge in [-0.2, -0.15) is 0 Å². The smallest absolute Gasteiger partial charge is 0.169 e. The summed E-state index contributed by atoms with van der Waals surface area (Å²) in [6, 6.07) is 5.43. The Kier molecular flexibility index (Phi) is 4.62. The van der Waals surface area contributed by atoms with Crippen LogP contribution < -0.4 is 10.6 Å². The molecule has 0 saturated carbocycles. The van der Waals surface area contributed by atoms with Crippen molar-refractivity contribution in [2.24, 2.45) is 0 Å². The zero-order valence-electron chi connectivity index (χ0n) is 10.5. The van der Waals surface area contributed by atoms with E-state index in [-0.39, 0.29) is 11.6 Å². The summed E-state index contributed by atoms with van der Waals surface area (Å²) in [6.07, 6.45) is 0. The number of benzene rings is 1. The van der Waals surface area contributed by atoms with E-state index >= 15 is 0 Å². The average Bonchev–Trinajstić information content (AvgIpc) is 2.34. The summed E-state index contributed by atoms with van der Waals surface area (Å²) in [6.45, 7) is 2.26. The van der Waals surface area contributed by atoms with Crippen LogP contribution in [0.15, 0.2) is 24.3 Å². The number of rotatable bonds is 4. The van der Waals surface area contributed by atoms with Crippen molar-refractivity contribution < 1.29 is 8.78 Å². The van der Waals surface area contributed by atoms with Crippen LogP contribution >= 0.6 is 23.2 Å². The van der Waals surface area contributed by atoms with Crippen LogP contribution in [0.5, 0.6) is 0 Å². The molecule has 1 aromatic heterocycles. The van der Waals surface area contributed by atoms with Gasteiger partial charge in [-0.05, 0) is 25.1 Å². The van der Waals surface area contributed by atoms with Gasteiger partial charge in [0.05, 0.1) is 0 Å². The number of nitrogens with zero attached hydrogens (tertiary/aromatic N) is 1. The fourth-order valence-corrected chi connectivity index (χ4v) is 2.13. The van der Waals surface area contributed by atoms with Crippen molar-refractivity contribution >= 4 is 40.5 Å². The topological polar surface area (TPSA) is 37.0 Å². The van der Waals surface area contributed by atoms with Crippen LogP contribution in [0.2, 0.25) is 10.0 Å². The molecule has 2 aromatic rings. The Labute approximate surface area is 124 Å². The first kappa shape index (κ1) is 14.8. The monoisotopic (exact) mass is 317 g/mol. The first-order valence-corrected chi connectivity index (χ1v) is 6.58. The lowest BCUT2D eigenvalue weighted by molar-refractivity contribution is 0.579. The Balaban J connectivity index is 2.34. The standard InChI is InChI=1S/C13H11Cl2F2N3/c1-2-18-12-10(16)6-11(17)13(20-12)19-9-4-7(14)3-8(15)5-9/h3-6H,2H2,1H3,(H2,18,19,20). The van der Waals surface area contributed by atoms with E-state index < -0.39 is 11.6 Å². The molecule has 1 heterocycles. The first-order valence-electron chi connectivity index (χ1n) is 5.82. The van der Waals surface area contributed by atoms with Gasteiger partial charge in [0.1, 0.15) is 0 Å². The molecular weight excluding hydrogens is 307 g/mol. The summed E-state index contributed by atoms with van der Waals surface area (Å²) in [7, 11) is 0. The Hall–Kier alpha value is -1.59. The number of halogens is 4. The number of pyridine rings is 1. The maximum atomic E-state index is 13.7. The summed E-state index contributed by atoms with van der Waals surface area (Å²) in [5, 5.41) is 6.22. The van der Waals surface area contributed by atoms with Gasteiger partial charge in [0.25, 0.3) is 0 Å². The number of hydrogen-bond acceptors (Lipinski definition) is 3. The van der Waals surface area contributed by atoms with E-state index in [4.69, 9.17) is 23.2 Å². The fourth-order valence-electron chi connectivity index (χ4n) is 1.61. The maximum Gasteiger partial charge on any atom is 0.169 e. The molecule has 0 aliphatic heterocycles. The predicted octanol–water partition coefficient (Wildman–Crippen LogP) is 4.84. The molecular formula is C13H11Cl2F2N3. The van der Waals surface area contributed by atoms with Crippen LogP contribution in [-0.2, 0) is 0 Å². The molecule has 0 saturated heterocycles. The average molecular weight is 318 g/mol. The highest BCUT2D eigenvalue weighted by atomic mass is 35.5. The third-order valence-electron chi connectivity index (χ3n) is 2.40. The van der Waals surface area contributed by atoms with E-state index in [1.807, 2.05) is 0 Å². The highest BCUT2D eigenvalue weighted by Gasteiger charge is 2.12. The predicted molar refractivity (Wildman–Crippen MR) is 78.1 cm³/mol. The molecule has 0 aliphatic carbocycles. The number of anilines is 3. The third kappa shape index (κ3) is 3.49. The summed E-state index contributed by atoms with van der Waals surface area (Å²) < 4.78 is 27.1. The molecule has 2 rings (SSSR count). The van der Waals surface area contributed by atoms with Crippen molar-refractivity contribution in [2.75, 3.05) is 17.2 Å². The molecule has 0 bridgehead atoms. The highest BCUT2D eigenvalue weighted by molar-refractivity contribution is 6.35. The van der Waals surface area contributed by atoms with Crippen molar-refractivity contribution in [1.82, 2.24) is 4.98 Å². The van der Waals surface area contributed by atoms with Crippen LogP contribution in [0.25, 0.3) is 0 Å². The van der Waals surface area contributed by atoms with Gasteiger partial charge >= 0.3 is 0 Å². The van der Waals surface area contributed by atoms with Gasteiger partial charge in [-0.1, -0.05) is 23.2 Å². The molecule has 2 N–H and O–H groups in total.